The zero-order chi connectivity index (χ0) is 6.69. The van der Waals surface area contributed by atoms with Crippen molar-refractivity contribution < 1.29 is 4.79 Å². The average molecular weight is 166 g/mol. The molecule has 60 valence electrons. The van der Waals surface area contributed by atoms with E-state index in [9.17, 15) is 4.79 Å². The van der Waals surface area contributed by atoms with Crippen LogP contribution in [0.25, 0.3) is 0 Å². The Kier molecular flexibility index (Phi) is 4.14. The number of halogens is 1. The molecule has 1 heterocycles. The van der Waals surface area contributed by atoms with Gasteiger partial charge in [0.25, 0.3) is 0 Å². The van der Waals surface area contributed by atoms with Crippen LogP contribution in [0.3, 0.4) is 0 Å². The second-order valence-corrected chi connectivity index (χ2v) is 2.08. The fourth-order valence-corrected chi connectivity index (χ4v) is 0.885. The quantitative estimate of drug-likeness (QED) is 0.503. The highest BCUT2D eigenvalue weighted by molar-refractivity contribution is 5.85. The molecule has 0 saturated carbocycles. The van der Waals surface area contributed by atoms with Gasteiger partial charge in [-0.15, -0.1) is 12.4 Å². The van der Waals surface area contributed by atoms with Crippen molar-refractivity contribution in [3.8, 4) is 0 Å². The van der Waals surface area contributed by atoms with Gasteiger partial charge >= 0.3 is 6.03 Å². The predicted octanol–water partition coefficient (Wildman–Crippen LogP) is -0.608. The Balaban J connectivity index is 0.000000810. The number of hydrogen-bond acceptors (Lipinski definition) is 2. The largest absolute Gasteiger partial charge is 0.351 e. The number of hydrogen-bond donors (Lipinski definition) is 2. The molecule has 0 spiro atoms. The fourth-order valence-electron chi connectivity index (χ4n) is 0.885. The summed E-state index contributed by atoms with van der Waals surface area (Å²) < 4.78 is 0. The van der Waals surface area contributed by atoms with Crippen LogP contribution in [0.15, 0.2) is 0 Å². The normalized spacial score (nSPS) is 17.8. The highest BCUT2D eigenvalue weighted by Crippen LogP contribution is 1.89. The Morgan fingerprint density at radius 3 is 2.20 bits per heavy atom. The SMILES string of the molecule is Cl.NC(=O)N1CCNCC1. The average Bonchev–Trinajstić information content (AvgIpc) is 1.90. The van der Waals surface area contributed by atoms with Gasteiger partial charge < -0.3 is 16.0 Å². The first-order valence-electron chi connectivity index (χ1n) is 3.06. The number of urea groups is 1. The van der Waals surface area contributed by atoms with Gasteiger partial charge in [0.1, 0.15) is 0 Å². The van der Waals surface area contributed by atoms with Crippen LogP contribution in [0, 0.1) is 0 Å². The van der Waals surface area contributed by atoms with Gasteiger partial charge in [-0.2, -0.15) is 0 Å². The molecule has 5 heteroatoms. The van der Waals surface area contributed by atoms with E-state index in [0.717, 1.165) is 26.2 Å². The van der Waals surface area contributed by atoms with Crippen LogP contribution in [0.5, 0.6) is 0 Å². The molecule has 4 nitrogen and oxygen atoms in total. The third kappa shape index (κ3) is 2.41. The summed E-state index contributed by atoms with van der Waals surface area (Å²) >= 11 is 0. The molecular formula is C5H12ClN3O. The van der Waals surface area contributed by atoms with Gasteiger partial charge in [-0.1, -0.05) is 0 Å². The summed E-state index contributed by atoms with van der Waals surface area (Å²) in [5, 5.41) is 3.12. The Bertz CT molecular complexity index is 113. The van der Waals surface area contributed by atoms with Crippen LogP contribution in [0.2, 0.25) is 0 Å². The molecule has 0 unspecified atom stereocenters. The maximum Gasteiger partial charge on any atom is 0.314 e. The van der Waals surface area contributed by atoms with E-state index >= 15 is 0 Å². The van der Waals surface area contributed by atoms with E-state index in [0.29, 0.717) is 0 Å². The minimum Gasteiger partial charge on any atom is -0.351 e. The summed E-state index contributed by atoms with van der Waals surface area (Å²) in [4.78, 5) is 12.1. The van der Waals surface area contributed by atoms with Gasteiger partial charge in [0.05, 0.1) is 0 Å². The lowest BCUT2D eigenvalue weighted by Crippen LogP contribution is -2.48. The number of nitrogens with two attached hydrogens (primary N) is 1. The van der Waals surface area contributed by atoms with Gasteiger partial charge in [-0.25, -0.2) is 4.79 Å². The molecule has 1 saturated heterocycles. The summed E-state index contributed by atoms with van der Waals surface area (Å²) in [6, 6.07) is -0.309. The molecule has 0 radical (unpaired) electrons. The Hall–Kier alpha value is -0.480. The van der Waals surface area contributed by atoms with Crippen molar-refractivity contribution in [3.63, 3.8) is 0 Å². The molecular weight excluding hydrogens is 154 g/mol. The minimum atomic E-state index is -0.309. The Morgan fingerprint density at radius 1 is 1.40 bits per heavy atom. The topological polar surface area (TPSA) is 58.4 Å². The van der Waals surface area contributed by atoms with Crippen LogP contribution in [-0.4, -0.2) is 37.1 Å². The summed E-state index contributed by atoms with van der Waals surface area (Å²) in [5.74, 6) is 0. The van der Waals surface area contributed by atoms with Crippen LogP contribution in [0.1, 0.15) is 0 Å². The molecule has 2 amide bonds. The van der Waals surface area contributed by atoms with Crippen molar-refractivity contribution in [1.29, 1.82) is 0 Å². The number of nitrogens with zero attached hydrogens (tertiary/aromatic N) is 1. The number of piperazine rings is 1. The van der Waals surface area contributed by atoms with Gasteiger partial charge in [-0.3, -0.25) is 0 Å². The lowest BCUT2D eigenvalue weighted by atomic mass is 10.4. The fraction of sp³-hybridized carbons (Fsp3) is 0.800. The maximum atomic E-state index is 10.5. The summed E-state index contributed by atoms with van der Waals surface area (Å²) in [6.45, 7) is 3.22. The number of amides is 2. The summed E-state index contributed by atoms with van der Waals surface area (Å²) in [6.07, 6.45) is 0. The van der Waals surface area contributed by atoms with E-state index in [1.54, 1.807) is 4.90 Å². The Morgan fingerprint density at radius 2 is 1.90 bits per heavy atom. The van der Waals surface area contributed by atoms with E-state index in [1.165, 1.54) is 0 Å². The smallest absolute Gasteiger partial charge is 0.314 e. The highest BCUT2D eigenvalue weighted by Gasteiger charge is 2.11. The lowest BCUT2D eigenvalue weighted by Gasteiger charge is -2.25. The van der Waals surface area contributed by atoms with Crippen molar-refractivity contribution in [1.82, 2.24) is 10.2 Å². The monoisotopic (exact) mass is 165 g/mol. The van der Waals surface area contributed by atoms with E-state index in [1.807, 2.05) is 0 Å². The van der Waals surface area contributed by atoms with Crippen molar-refractivity contribution in [3.05, 3.63) is 0 Å². The molecule has 0 aromatic carbocycles. The molecule has 0 aliphatic carbocycles. The van der Waals surface area contributed by atoms with Gasteiger partial charge in [-0.05, 0) is 0 Å². The Labute approximate surface area is 66.2 Å². The molecule has 1 rings (SSSR count). The third-order valence-corrected chi connectivity index (χ3v) is 1.43. The first-order valence-corrected chi connectivity index (χ1v) is 3.06. The van der Waals surface area contributed by atoms with Crippen LogP contribution >= 0.6 is 12.4 Å². The molecule has 1 aliphatic rings. The number of nitrogens with one attached hydrogen (secondary N) is 1. The first kappa shape index (κ1) is 9.52. The summed E-state index contributed by atoms with van der Waals surface area (Å²) in [5.41, 5.74) is 5.03. The molecule has 3 N–H and O–H groups in total. The van der Waals surface area contributed by atoms with E-state index < -0.39 is 0 Å². The molecule has 1 aliphatic heterocycles. The molecule has 1 fully saturated rings. The maximum absolute atomic E-state index is 10.5. The van der Waals surface area contributed by atoms with Gasteiger partial charge in [0.2, 0.25) is 0 Å². The molecule has 0 atom stereocenters. The molecule has 0 aromatic heterocycles. The highest BCUT2D eigenvalue weighted by atomic mass is 35.5. The number of primary amides is 1. The number of carbonyl (C=O) groups excluding carboxylic acids is 1. The van der Waals surface area contributed by atoms with Crippen molar-refractivity contribution >= 4 is 18.4 Å². The van der Waals surface area contributed by atoms with Crippen LogP contribution in [0.4, 0.5) is 4.79 Å². The molecule has 10 heavy (non-hydrogen) atoms. The van der Waals surface area contributed by atoms with E-state index in [4.69, 9.17) is 5.73 Å². The number of carbonyl (C=O) groups is 1. The number of rotatable bonds is 0. The van der Waals surface area contributed by atoms with Gasteiger partial charge in [0, 0.05) is 26.2 Å². The van der Waals surface area contributed by atoms with Crippen LogP contribution < -0.4 is 11.1 Å². The predicted molar refractivity (Wildman–Crippen MR) is 41.3 cm³/mol. The van der Waals surface area contributed by atoms with Crippen LogP contribution in [-0.2, 0) is 0 Å². The summed E-state index contributed by atoms with van der Waals surface area (Å²) in [7, 11) is 0. The third-order valence-electron chi connectivity index (χ3n) is 1.43. The van der Waals surface area contributed by atoms with E-state index in [-0.39, 0.29) is 18.4 Å². The lowest BCUT2D eigenvalue weighted by molar-refractivity contribution is 0.200. The first-order chi connectivity index (χ1) is 4.30. The zero-order valence-corrected chi connectivity index (χ0v) is 6.49. The van der Waals surface area contributed by atoms with Crippen molar-refractivity contribution in [2.75, 3.05) is 26.2 Å². The standard InChI is InChI=1S/C5H11N3O.ClH/c6-5(9)8-3-1-7-2-4-8;/h7H,1-4H2,(H2,6,9);1H. The second kappa shape index (κ2) is 4.35. The van der Waals surface area contributed by atoms with E-state index in [2.05, 4.69) is 5.32 Å². The molecule has 0 bridgehead atoms. The minimum absolute atomic E-state index is 0. The second-order valence-electron chi connectivity index (χ2n) is 2.08. The zero-order valence-electron chi connectivity index (χ0n) is 5.67. The van der Waals surface area contributed by atoms with Crippen molar-refractivity contribution in [2.45, 2.75) is 0 Å². The van der Waals surface area contributed by atoms with Crippen molar-refractivity contribution in [2.24, 2.45) is 5.73 Å². The molecule has 0 aromatic rings. The van der Waals surface area contributed by atoms with Gasteiger partial charge in [0.15, 0.2) is 0 Å².